The Balaban J connectivity index is 1.11. The molecule has 15 rings (SSSR count). The van der Waals surface area contributed by atoms with Crippen LogP contribution in [0.15, 0.2) is 95.4 Å². The van der Waals surface area contributed by atoms with Gasteiger partial charge < -0.3 is 19.1 Å². The zero-order chi connectivity index (χ0) is 61.9. The minimum Gasteiger partial charge on any atom is -0.468 e. The fourth-order valence-corrected chi connectivity index (χ4v) is 19.3. The van der Waals surface area contributed by atoms with Gasteiger partial charge in [0.25, 0.3) is 6.71 Å². The summed E-state index contributed by atoms with van der Waals surface area (Å²) in [5.74, 6) is 0. The molecule has 1 aromatic heterocycles. The highest BCUT2D eigenvalue weighted by atomic mass is 16.3. The van der Waals surface area contributed by atoms with Crippen molar-refractivity contribution in [2.45, 2.75) is 282 Å². The van der Waals surface area contributed by atoms with Gasteiger partial charge in [-0.1, -0.05) is 182 Å². The summed E-state index contributed by atoms with van der Waals surface area (Å²) < 4.78 is 7.95. The Hall–Kier alpha value is -5.68. The van der Waals surface area contributed by atoms with Gasteiger partial charge in [-0.2, -0.15) is 0 Å². The second-order valence-corrected chi connectivity index (χ2v) is 36.3. The van der Waals surface area contributed by atoms with Crippen molar-refractivity contribution >= 4 is 79.8 Å². The molecule has 0 saturated heterocycles. The first-order valence-electron chi connectivity index (χ1n) is 34.3. The van der Waals surface area contributed by atoms with Crippen molar-refractivity contribution in [2.75, 3.05) is 14.7 Å². The Labute approximate surface area is 524 Å². The normalized spacial score (nSPS) is 25.7. The minimum absolute atomic E-state index is 0.00422. The van der Waals surface area contributed by atoms with Crippen molar-refractivity contribution in [3.8, 4) is 0 Å². The molecule has 3 aliphatic heterocycles. The number of fused-ring (bicyclic) bond motifs is 13. The molecule has 0 radical (unpaired) electrons. The van der Waals surface area contributed by atoms with Crippen LogP contribution in [0.1, 0.15) is 278 Å². The summed E-state index contributed by atoms with van der Waals surface area (Å²) >= 11 is 0. The Morgan fingerprint density at radius 2 is 0.828 bits per heavy atom. The molecule has 0 amide bonds. The summed E-state index contributed by atoms with van der Waals surface area (Å²) in [6, 6.07) is 38.9. The van der Waals surface area contributed by atoms with E-state index in [4.69, 9.17) is 4.42 Å². The van der Waals surface area contributed by atoms with Gasteiger partial charge in [-0.3, -0.25) is 0 Å². The summed E-state index contributed by atoms with van der Waals surface area (Å²) in [6.45, 7) is 52.3. The second kappa shape index (κ2) is 17.6. The Morgan fingerprint density at radius 3 is 1.38 bits per heavy atom. The molecule has 1 saturated carbocycles. The van der Waals surface area contributed by atoms with E-state index in [1.807, 2.05) is 0 Å². The van der Waals surface area contributed by atoms with Crippen LogP contribution in [-0.2, 0) is 54.1 Å². The van der Waals surface area contributed by atoms with E-state index < -0.39 is 0 Å². The summed E-state index contributed by atoms with van der Waals surface area (Å²) in [4.78, 5) is 8.45. The highest BCUT2D eigenvalue weighted by Crippen LogP contribution is 2.65. The third-order valence-electron chi connectivity index (χ3n) is 26.0. The fraction of sp³-hybridized carbons (Fsp3) is 0.537. The molecule has 0 N–H and O–H groups in total. The third kappa shape index (κ3) is 7.93. The lowest BCUT2D eigenvalue weighted by Crippen LogP contribution is -2.61. The summed E-state index contributed by atoms with van der Waals surface area (Å²) in [6.07, 6.45) is 14.1. The maximum Gasteiger partial charge on any atom is 0.297 e. The molecule has 1 fully saturated rings. The largest absolute Gasteiger partial charge is 0.468 e. The van der Waals surface area contributed by atoms with Crippen molar-refractivity contribution in [3.63, 3.8) is 0 Å². The maximum atomic E-state index is 7.95. The first-order chi connectivity index (χ1) is 40.4. The van der Waals surface area contributed by atoms with Crippen LogP contribution >= 0.6 is 0 Å². The second-order valence-electron chi connectivity index (χ2n) is 36.3. The highest BCUT2D eigenvalue weighted by Gasteiger charge is 2.60. The van der Waals surface area contributed by atoms with Gasteiger partial charge in [-0.25, -0.2) is 0 Å². The molecule has 87 heavy (non-hydrogen) atoms. The predicted molar refractivity (Wildman–Crippen MR) is 373 cm³/mol. The summed E-state index contributed by atoms with van der Waals surface area (Å²) in [7, 11) is 0. The molecule has 454 valence electrons. The fourth-order valence-electron chi connectivity index (χ4n) is 19.3. The van der Waals surface area contributed by atoms with Gasteiger partial charge in [-0.15, -0.1) is 0 Å². The third-order valence-corrected chi connectivity index (χ3v) is 26.0. The summed E-state index contributed by atoms with van der Waals surface area (Å²) in [5, 5.41) is 1.23. The monoisotopic (exact) mass is 1160 g/mol. The first-order valence-corrected chi connectivity index (χ1v) is 34.3. The van der Waals surface area contributed by atoms with Gasteiger partial charge in [0.05, 0.1) is 16.9 Å². The van der Waals surface area contributed by atoms with E-state index in [1.54, 1.807) is 16.7 Å². The molecule has 0 spiro atoms. The molecule has 5 aliphatic carbocycles. The van der Waals surface area contributed by atoms with Gasteiger partial charge >= 0.3 is 0 Å². The van der Waals surface area contributed by atoms with E-state index in [0.717, 1.165) is 49.8 Å². The van der Waals surface area contributed by atoms with Crippen LogP contribution < -0.4 is 31.3 Å². The molecular weight excluding hydrogens is 1050 g/mol. The van der Waals surface area contributed by atoms with Crippen molar-refractivity contribution in [3.05, 3.63) is 147 Å². The number of rotatable bonds is 3. The van der Waals surface area contributed by atoms with E-state index >= 15 is 0 Å². The molecule has 6 aromatic carbocycles. The molecule has 7 aromatic rings. The number of furan rings is 1. The van der Waals surface area contributed by atoms with Crippen LogP contribution in [0.25, 0.3) is 11.0 Å². The van der Waals surface area contributed by atoms with Crippen LogP contribution in [0, 0.1) is 0 Å². The number of hydrogen-bond donors (Lipinski definition) is 0. The Morgan fingerprint density at radius 1 is 0.379 bits per heavy atom. The zero-order valence-electron chi connectivity index (χ0n) is 57.5. The van der Waals surface area contributed by atoms with Crippen LogP contribution in [0.2, 0.25) is 0 Å². The number of anilines is 8. The average molecular weight is 1160 g/mol. The topological polar surface area (TPSA) is 22.9 Å². The van der Waals surface area contributed by atoms with E-state index in [2.05, 4.69) is 251 Å². The molecule has 2 atom stereocenters. The molecule has 5 heteroatoms. The number of hydrogen-bond acceptors (Lipinski definition) is 4. The minimum atomic E-state index is -0.182. The molecule has 8 aliphatic rings. The van der Waals surface area contributed by atoms with E-state index in [9.17, 15) is 0 Å². The van der Waals surface area contributed by atoms with Crippen LogP contribution in [0.5, 0.6) is 0 Å². The van der Waals surface area contributed by atoms with E-state index in [1.165, 1.54) is 139 Å². The van der Waals surface area contributed by atoms with Gasteiger partial charge in [0.1, 0.15) is 5.58 Å². The SMILES string of the molecule is CC(C)(C)c1ccc(N2c3cc(N4c5cc6c(cc5C5(C)CCCCC45C)C(C)(C)CCC6(C)C)cc4c3B(c3cc5c(cc3N4c3ccc4c(c3)C(C)(C)CCC4(C)C)C(C)(C)CCC5(C)C)c3oc4cc5c(cc4c32)C(C)(C)CCC5(C)C)cc1. The van der Waals surface area contributed by atoms with Crippen LogP contribution in [0.3, 0.4) is 0 Å². The quantitative estimate of drug-likeness (QED) is 0.164. The highest BCUT2D eigenvalue weighted by molar-refractivity contribution is 7.00. The zero-order valence-corrected chi connectivity index (χ0v) is 57.5. The standard InChI is InChI=1S/C82H102BN3O/c1-72(2,3)49-24-26-50(27-25-49)85-67-42-52(86-64-46-59-57(76(10,11)35-37-78(59,14)15)44-62(64)81(20)30-22-23-31-82(81,86)21)41-66-69(67)83(71-70(85)53-43-56-61(48-68(53)87-71)80(18,19)39-34-75(56,8)9)63-45-58-60(79(16,17)38-36-77(58,12)13)47-65(63)84(66)51-28-29-54-55(40-51)74(6,7)33-32-73(54,4)5/h24-29,40-48H,22-23,30-39H2,1-21H3. The summed E-state index contributed by atoms with van der Waals surface area (Å²) in [5.41, 5.74) is 30.0. The van der Waals surface area contributed by atoms with E-state index in [0.29, 0.717) is 0 Å². The molecule has 4 heterocycles. The number of benzene rings is 6. The lowest BCUT2D eigenvalue weighted by atomic mass is 9.35. The Kier molecular flexibility index (Phi) is 11.7. The lowest BCUT2D eigenvalue weighted by Gasteiger charge is -2.51. The predicted octanol–water partition coefficient (Wildman–Crippen LogP) is 21.0. The van der Waals surface area contributed by atoms with Crippen molar-refractivity contribution < 1.29 is 4.42 Å². The van der Waals surface area contributed by atoms with Crippen molar-refractivity contribution in [2.24, 2.45) is 0 Å². The van der Waals surface area contributed by atoms with Gasteiger partial charge in [0, 0.05) is 50.6 Å². The van der Waals surface area contributed by atoms with E-state index in [-0.39, 0.29) is 66.4 Å². The van der Waals surface area contributed by atoms with Gasteiger partial charge in [0.15, 0.2) is 0 Å². The molecule has 0 bridgehead atoms. The van der Waals surface area contributed by atoms with Crippen molar-refractivity contribution in [1.82, 2.24) is 0 Å². The van der Waals surface area contributed by atoms with Crippen molar-refractivity contribution in [1.29, 1.82) is 0 Å². The lowest BCUT2D eigenvalue weighted by molar-refractivity contribution is 0.194. The maximum absolute atomic E-state index is 7.95. The first kappa shape index (κ1) is 57.7. The molecule has 2 unspecified atom stereocenters. The van der Waals surface area contributed by atoms with Crippen LogP contribution in [-0.4, -0.2) is 12.3 Å². The molecular formula is C82H102BN3O. The average Bonchev–Trinajstić information content (AvgIpc) is 1.64. The molecule has 4 nitrogen and oxygen atoms in total. The Bertz CT molecular complexity index is 4110. The smallest absolute Gasteiger partial charge is 0.297 e. The van der Waals surface area contributed by atoms with Gasteiger partial charge in [0.2, 0.25) is 0 Å². The van der Waals surface area contributed by atoms with Crippen LogP contribution in [0.4, 0.5) is 45.5 Å². The van der Waals surface area contributed by atoms with Gasteiger partial charge in [-0.05, 0) is 247 Å². The number of nitrogens with zero attached hydrogens (tertiary/aromatic N) is 3.